The lowest BCUT2D eigenvalue weighted by atomic mass is 10.2. The molecule has 0 amide bonds. The molecular weight excluding hydrogens is 140 g/mol. The molecule has 0 heterocycles. The first-order valence-corrected chi connectivity index (χ1v) is 3.82. The van der Waals surface area contributed by atoms with E-state index in [0.717, 1.165) is 6.42 Å². The van der Waals surface area contributed by atoms with Gasteiger partial charge in [0, 0.05) is 0 Å². The van der Waals surface area contributed by atoms with Crippen LogP contribution in [0, 0.1) is 0 Å². The molecule has 0 aromatic rings. The van der Waals surface area contributed by atoms with Gasteiger partial charge in [-0.25, -0.2) is 0 Å². The van der Waals surface area contributed by atoms with Crippen molar-refractivity contribution in [2.45, 2.75) is 26.2 Å². The van der Waals surface area contributed by atoms with Crippen LogP contribution >= 0.6 is 0 Å². The second-order valence-corrected chi connectivity index (χ2v) is 2.13. The predicted octanol–water partition coefficient (Wildman–Crippen LogP) is 2.42. The number of carbonyl (C=O) groups is 1. The van der Waals surface area contributed by atoms with E-state index >= 15 is 0 Å². The van der Waals surface area contributed by atoms with Crippen molar-refractivity contribution in [1.29, 1.82) is 0 Å². The van der Waals surface area contributed by atoms with Crippen LogP contribution in [0.25, 0.3) is 0 Å². The van der Waals surface area contributed by atoms with Gasteiger partial charge in [-0.1, -0.05) is 31.9 Å². The molecule has 0 atom stereocenters. The molecule has 2 heteroatoms. The van der Waals surface area contributed by atoms with Gasteiger partial charge in [-0.05, 0) is 12.5 Å². The molecular formula is C9H14O2. The summed E-state index contributed by atoms with van der Waals surface area (Å²) in [5.74, 6) is 0. The fourth-order valence-electron chi connectivity index (χ4n) is 0.620. The highest BCUT2D eigenvalue weighted by molar-refractivity contribution is 5.38. The SMILES string of the molecule is CCCCC=CC=COC=O. The first kappa shape index (κ1) is 9.95. The summed E-state index contributed by atoms with van der Waals surface area (Å²) in [5, 5.41) is 0. The third-order valence-corrected chi connectivity index (χ3v) is 1.18. The van der Waals surface area contributed by atoms with Crippen LogP contribution in [0.2, 0.25) is 0 Å². The Kier molecular flexibility index (Phi) is 8.10. The van der Waals surface area contributed by atoms with Gasteiger partial charge in [0.15, 0.2) is 0 Å². The largest absolute Gasteiger partial charge is 0.437 e. The van der Waals surface area contributed by atoms with Crippen molar-refractivity contribution in [1.82, 2.24) is 0 Å². The van der Waals surface area contributed by atoms with Crippen LogP contribution in [-0.4, -0.2) is 6.47 Å². The number of allylic oxidation sites excluding steroid dienone is 3. The van der Waals surface area contributed by atoms with Gasteiger partial charge in [-0.3, -0.25) is 4.79 Å². The van der Waals surface area contributed by atoms with Crippen molar-refractivity contribution in [2.24, 2.45) is 0 Å². The van der Waals surface area contributed by atoms with Crippen LogP contribution in [0.5, 0.6) is 0 Å². The smallest absolute Gasteiger partial charge is 0.297 e. The summed E-state index contributed by atoms with van der Waals surface area (Å²) in [6.07, 6.45) is 10.5. The Labute approximate surface area is 67.6 Å². The van der Waals surface area contributed by atoms with E-state index in [0.29, 0.717) is 6.47 Å². The van der Waals surface area contributed by atoms with Gasteiger partial charge in [0.1, 0.15) is 0 Å². The van der Waals surface area contributed by atoms with Crippen LogP contribution in [0.4, 0.5) is 0 Å². The average molecular weight is 154 g/mol. The first-order chi connectivity index (χ1) is 5.41. The van der Waals surface area contributed by atoms with Crippen molar-refractivity contribution in [3.05, 3.63) is 24.5 Å². The molecule has 0 radical (unpaired) electrons. The molecule has 0 saturated heterocycles. The van der Waals surface area contributed by atoms with Crippen molar-refractivity contribution in [3.63, 3.8) is 0 Å². The number of unbranched alkanes of at least 4 members (excludes halogenated alkanes) is 2. The van der Waals surface area contributed by atoms with Gasteiger partial charge in [0.2, 0.25) is 0 Å². The molecule has 0 rings (SSSR count). The quantitative estimate of drug-likeness (QED) is 0.254. The van der Waals surface area contributed by atoms with Gasteiger partial charge in [-0.15, -0.1) is 0 Å². The molecule has 0 aliphatic carbocycles. The minimum atomic E-state index is 0.399. The lowest BCUT2D eigenvalue weighted by Crippen LogP contribution is -1.70. The highest BCUT2D eigenvalue weighted by Gasteiger charge is 1.75. The molecule has 0 unspecified atom stereocenters. The Bertz CT molecular complexity index is 136. The van der Waals surface area contributed by atoms with Crippen LogP contribution in [0.15, 0.2) is 24.5 Å². The molecule has 0 aromatic heterocycles. The molecule has 0 saturated carbocycles. The maximum atomic E-state index is 9.64. The Morgan fingerprint density at radius 3 is 2.82 bits per heavy atom. The molecule has 0 fully saturated rings. The normalized spacial score (nSPS) is 11.0. The van der Waals surface area contributed by atoms with Crippen molar-refractivity contribution in [3.8, 4) is 0 Å². The molecule has 0 spiro atoms. The monoisotopic (exact) mass is 154 g/mol. The zero-order valence-electron chi connectivity index (χ0n) is 6.82. The Hall–Kier alpha value is -1.05. The number of ether oxygens (including phenoxy) is 1. The topological polar surface area (TPSA) is 26.3 Å². The summed E-state index contributed by atoms with van der Waals surface area (Å²) < 4.78 is 4.33. The Morgan fingerprint density at radius 2 is 2.18 bits per heavy atom. The average Bonchev–Trinajstić information content (AvgIpc) is 2.03. The highest BCUT2D eigenvalue weighted by Crippen LogP contribution is 1.94. The van der Waals surface area contributed by atoms with E-state index in [1.54, 1.807) is 6.08 Å². The van der Waals surface area contributed by atoms with E-state index in [1.165, 1.54) is 19.1 Å². The summed E-state index contributed by atoms with van der Waals surface area (Å²) in [4.78, 5) is 9.64. The Balaban J connectivity index is 3.21. The molecule has 0 bridgehead atoms. The van der Waals surface area contributed by atoms with E-state index in [4.69, 9.17) is 0 Å². The summed E-state index contributed by atoms with van der Waals surface area (Å²) in [5.41, 5.74) is 0. The van der Waals surface area contributed by atoms with Crippen LogP contribution < -0.4 is 0 Å². The molecule has 11 heavy (non-hydrogen) atoms. The second-order valence-electron chi connectivity index (χ2n) is 2.13. The number of hydrogen-bond donors (Lipinski definition) is 0. The van der Waals surface area contributed by atoms with E-state index in [-0.39, 0.29) is 0 Å². The first-order valence-electron chi connectivity index (χ1n) is 3.82. The van der Waals surface area contributed by atoms with Crippen molar-refractivity contribution < 1.29 is 9.53 Å². The van der Waals surface area contributed by atoms with Crippen molar-refractivity contribution >= 4 is 6.47 Å². The minimum Gasteiger partial charge on any atom is -0.437 e. The molecule has 0 aliphatic rings. The summed E-state index contributed by atoms with van der Waals surface area (Å²) in [6, 6.07) is 0. The third kappa shape index (κ3) is 8.95. The fourth-order valence-corrected chi connectivity index (χ4v) is 0.620. The molecule has 62 valence electrons. The molecule has 0 aliphatic heterocycles. The van der Waals surface area contributed by atoms with E-state index in [2.05, 4.69) is 11.7 Å². The van der Waals surface area contributed by atoms with Gasteiger partial charge in [0.25, 0.3) is 6.47 Å². The molecule has 2 nitrogen and oxygen atoms in total. The Morgan fingerprint density at radius 1 is 1.36 bits per heavy atom. The maximum absolute atomic E-state index is 9.64. The predicted molar refractivity (Wildman–Crippen MR) is 45.0 cm³/mol. The summed E-state index contributed by atoms with van der Waals surface area (Å²) >= 11 is 0. The van der Waals surface area contributed by atoms with Gasteiger partial charge >= 0.3 is 0 Å². The van der Waals surface area contributed by atoms with Gasteiger partial charge < -0.3 is 4.74 Å². The van der Waals surface area contributed by atoms with Crippen molar-refractivity contribution in [2.75, 3.05) is 0 Å². The van der Waals surface area contributed by atoms with E-state index in [9.17, 15) is 4.79 Å². The van der Waals surface area contributed by atoms with E-state index in [1.807, 2.05) is 12.2 Å². The van der Waals surface area contributed by atoms with E-state index < -0.39 is 0 Å². The van der Waals surface area contributed by atoms with Gasteiger partial charge in [-0.2, -0.15) is 0 Å². The third-order valence-electron chi connectivity index (χ3n) is 1.18. The lowest BCUT2D eigenvalue weighted by molar-refractivity contribution is -0.123. The van der Waals surface area contributed by atoms with Gasteiger partial charge in [0.05, 0.1) is 6.26 Å². The van der Waals surface area contributed by atoms with Crippen LogP contribution in [0.1, 0.15) is 26.2 Å². The number of rotatable bonds is 6. The zero-order chi connectivity index (χ0) is 8.36. The number of hydrogen-bond acceptors (Lipinski definition) is 2. The van der Waals surface area contributed by atoms with Crippen LogP contribution in [-0.2, 0) is 9.53 Å². The molecule has 0 aromatic carbocycles. The second kappa shape index (κ2) is 8.95. The standard InChI is InChI=1S/C9H14O2/c1-2-3-4-5-6-7-8-11-9-10/h5-9H,2-4H2,1H3. The summed E-state index contributed by atoms with van der Waals surface area (Å²) in [7, 11) is 0. The van der Waals surface area contributed by atoms with Crippen LogP contribution in [0.3, 0.4) is 0 Å². The maximum Gasteiger partial charge on any atom is 0.297 e. The number of carbonyl (C=O) groups excluding carboxylic acids is 1. The molecule has 0 N–H and O–H groups in total. The minimum absolute atomic E-state index is 0.399. The lowest BCUT2D eigenvalue weighted by Gasteiger charge is -1.85. The highest BCUT2D eigenvalue weighted by atomic mass is 16.5. The summed E-state index contributed by atoms with van der Waals surface area (Å²) in [6.45, 7) is 2.55. The fraction of sp³-hybridized carbons (Fsp3) is 0.444. The zero-order valence-corrected chi connectivity index (χ0v) is 6.82.